The predicted octanol–water partition coefficient (Wildman–Crippen LogP) is 2.41. The highest BCUT2D eigenvalue weighted by Gasteiger charge is 2.14. The van der Waals surface area contributed by atoms with E-state index in [-0.39, 0.29) is 17.3 Å². The summed E-state index contributed by atoms with van der Waals surface area (Å²) in [6.07, 6.45) is 0. The Hall–Kier alpha value is -2.77. The first-order chi connectivity index (χ1) is 8.49. The number of carbonyl (C=O) groups excluding carboxylic acids is 1. The standard InChI is InChI=1S/C10H8N4O4/c1-5(15)12-13-9-7-4-6(14(17)18)2-3-8(7)11-10(9)16/h2-4,11,16H,1H3. The van der Waals surface area contributed by atoms with E-state index in [0.717, 1.165) is 0 Å². The Balaban J connectivity index is 2.63. The van der Waals surface area contributed by atoms with Gasteiger partial charge in [0.1, 0.15) is 0 Å². The molecule has 0 aliphatic rings. The Morgan fingerprint density at radius 2 is 2.22 bits per heavy atom. The number of carbonyl (C=O) groups is 1. The van der Waals surface area contributed by atoms with Crippen LogP contribution in [-0.2, 0) is 4.79 Å². The Morgan fingerprint density at radius 1 is 1.50 bits per heavy atom. The lowest BCUT2D eigenvalue weighted by Gasteiger charge is -1.92. The van der Waals surface area contributed by atoms with Gasteiger partial charge >= 0.3 is 0 Å². The zero-order valence-corrected chi connectivity index (χ0v) is 9.25. The van der Waals surface area contributed by atoms with Crippen molar-refractivity contribution in [1.82, 2.24) is 4.98 Å². The van der Waals surface area contributed by atoms with Crippen LogP contribution in [0.1, 0.15) is 6.92 Å². The Labute approximate surface area is 100 Å². The quantitative estimate of drug-likeness (QED) is 0.481. The van der Waals surface area contributed by atoms with Crippen molar-refractivity contribution in [1.29, 1.82) is 0 Å². The number of H-pyrrole nitrogens is 1. The van der Waals surface area contributed by atoms with Crippen LogP contribution in [0.2, 0.25) is 0 Å². The number of aromatic nitrogens is 1. The van der Waals surface area contributed by atoms with Gasteiger partial charge in [-0.25, -0.2) is 0 Å². The molecule has 0 bridgehead atoms. The number of azo groups is 1. The van der Waals surface area contributed by atoms with Gasteiger partial charge < -0.3 is 10.1 Å². The highest BCUT2D eigenvalue weighted by atomic mass is 16.6. The van der Waals surface area contributed by atoms with E-state index in [1.54, 1.807) is 0 Å². The molecule has 0 saturated carbocycles. The Bertz CT molecular complexity index is 674. The molecule has 0 spiro atoms. The van der Waals surface area contributed by atoms with Crippen molar-refractivity contribution in [3.63, 3.8) is 0 Å². The maximum atomic E-state index is 10.7. The average molecular weight is 248 g/mol. The third-order valence-corrected chi connectivity index (χ3v) is 2.24. The van der Waals surface area contributed by atoms with Crippen molar-refractivity contribution in [2.24, 2.45) is 10.2 Å². The van der Waals surface area contributed by atoms with Gasteiger partial charge in [-0.1, -0.05) is 0 Å². The highest BCUT2D eigenvalue weighted by molar-refractivity contribution is 5.95. The summed E-state index contributed by atoms with van der Waals surface area (Å²) in [6, 6.07) is 3.99. The third kappa shape index (κ3) is 2.03. The van der Waals surface area contributed by atoms with Crippen molar-refractivity contribution in [2.75, 3.05) is 0 Å². The Morgan fingerprint density at radius 3 is 2.83 bits per heavy atom. The molecule has 1 aromatic heterocycles. The van der Waals surface area contributed by atoms with Crippen LogP contribution in [-0.4, -0.2) is 20.9 Å². The summed E-state index contributed by atoms with van der Waals surface area (Å²) in [7, 11) is 0. The summed E-state index contributed by atoms with van der Waals surface area (Å²) in [5.74, 6) is -0.829. The van der Waals surface area contributed by atoms with Gasteiger partial charge in [-0.2, -0.15) is 0 Å². The number of amides is 1. The maximum absolute atomic E-state index is 10.7. The van der Waals surface area contributed by atoms with E-state index < -0.39 is 10.8 Å². The molecule has 0 aliphatic heterocycles. The van der Waals surface area contributed by atoms with E-state index in [0.29, 0.717) is 10.9 Å². The lowest BCUT2D eigenvalue weighted by Crippen LogP contribution is -1.86. The summed E-state index contributed by atoms with van der Waals surface area (Å²) >= 11 is 0. The second kappa shape index (κ2) is 4.24. The van der Waals surface area contributed by atoms with Crippen LogP contribution in [0.15, 0.2) is 28.4 Å². The van der Waals surface area contributed by atoms with Gasteiger partial charge in [-0.15, -0.1) is 10.2 Å². The van der Waals surface area contributed by atoms with Gasteiger partial charge in [0, 0.05) is 24.4 Å². The first-order valence-corrected chi connectivity index (χ1v) is 4.90. The number of nitrogens with zero attached hydrogens (tertiary/aromatic N) is 3. The predicted molar refractivity (Wildman–Crippen MR) is 61.8 cm³/mol. The number of nitro benzene ring substituents is 1. The summed E-state index contributed by atoms with van der Waals surface area (Å²) in [6.45, 7) is 1.21. The smallest absolute Gasteiger partial charge is 0.270 e. The monoisotopic (exact) mass is 248 g/mol. The number of hydrogen-bond acceptors (Lipinski definition) is 5. The minimum Gasteiger partial charge on any atom is -0.493 e. The van der Waals surface area contributed by atoms with E-state index in [9.17, 15) is 20.0 Å². The van der Waals surface area contributed by atoms with Crippen LogP contribution < -0.4 is 0 Å². The molecule has 1 aromatic carbocycles. The van der Waals surface area contributed by atoms with Crippen molar-refractivity contribution >= 4 is 28.2 Å². The maximum Gasteiger partial charge on any atom is 0.270 e. The molecule has 2 aromatic rings. The van der Waals surface area contributed by atoms with Crippen LogP contribution in [0.25, 0.3) is 10.9 Å². The molecule has 0 saturated heterocycles. The van der Waals surface area contributed by atoms with Crippen molar-refractivity contribution < 1.29 is 14.8 Å². The third-order valence-electron chi connectivity index (χ3n) is 2.24. The summed E-state index contributed by atoms with van der Waals surface area (Å²) in [5.41, 5.74) is 0.334. The fraction of sp³-hybridized carbons (Fsp3) is 0.100. The van der Waals surface area contributed by atoms with E-state index >= 15 is 0 Å². The van der Waals surface area contributed by atoms with Crippen LogP contribution in [0, 0.1) is 10.1 Å². The van der Waals surface area contributed by atoms with Crippen molar-refractivity contribution in [3.05, 3.63) is 28.3 Å². The number of nitrogens with one attached hydrogen (secondary N) is 1. The van der Waals surface area contributed by atoms with Crippen LogP contribution in [0.3, 0.4) is 0 Å². The van der Waals surface area contributed by atoms with Crippen LogP contribution in [0.5, 0.6) is 5.88 Å². The minimum atomic E-state index is -0.560. The van der Waals surface area contributed by atoms with Gasteiger partial charge in [0.25, 0.3) is 11.6 Å². The zero-order chi connectivity index (χ0) is 13.3. The largest absolute Gasteiger partial charge is 0.493 e. The van der Waals surface area contributed by atoms with Crippen LogP contribution in [0.4, 0.5) is 11.4 Å². The molecule has 1 heterocycles. The molecule has 0 radical (unpaired) electrons. The number of hydrogen-bond donors (Lipinski definition) is 2. The van der Waals surface area contributed by atoms with Gasteiger partial charge in [-0.3, -0.25) is 14.9 Å². The summed E-state index contributed by atoms with van der Waals surface area (Å²) in [4.78, 5) is 23.4. The number of nitro groups is 1. The second-order valence-corrected chi connectivity index (χ2v) is 3.53. The van der Waals surface area contributed by atoms with E-state index in [2.05, 4.69) is 15.2 Å². The van der Waals surface area contributed by atoms with Crippen LogP contribution >= 0.6 is 0 Å². The molecule has 1 amide bonds. The molecule has 0 aliphatic carbocycles. The minimum absolute atomic E-state index is 0.00361. The van der Waals surface area contributed by atoms with E-state index in [1.807, 2.05) is 0 Å². The number of aromatic amines is 1. The molecule has 8 nitrogen and oxygen atoms in total. The molecule has 2 N–H and O–H groups in total. The lowest BCUT2D eigenvalue weighted by molar-refractivity contribution is -0.384. The van der Waals surface area contributed by atoms with E-state index in [1.165, 1.54) is 25.1 Å². The fourth-order valence-electron chi connectivity index (χ4n) is 1.49. The van der Waals surface area contributed by atoms with Gasteiger partial charge in [0.05, 0.1) is 10.4 Å². The summed E-state index contributed by atoms with van der Waals surface area (Å²) in [5, 5.41) is 27.4. The topological polar surface area (TPSA) is 121 Å². The molecule has 8 heteroatoms. The molecule has 92 valence electrons. The normalized spacial score (nSPS) is 11.2. The van der Waals surface area contributed by atoms with Crippen molar-refractivity contribution in [3.8, 4) is 5.88 Å². The molecule has 18 heavy (non-hydrogen) atoms. The van der Waals surface area contributed by atoms with Gasteiger partial charge in [-0.05, 0) is 6.07 Å². The number of aromatic hydroxyl groups is 1. The highest BCUT2D eigenvalue weighted by Crippen LogP contribution is 2.37. The number of benzene rings is 1. The zero-order valence-electron chi connectivity index (χ0n) is 9.25. The lowest BCUT2D eigenvalue weighted by atomic mass is 10.2. The molecular weight excluding hydrogens is 240 g/mol. The van der Waals surface area contributed by atoms with Gasteiger partial charge in [0.15, 0.2) is 5.69 Å². The molecule has 0 fully saturated rings. The SMILES string of the molecule is CC(=O)N=Nc1c(O)[nH]c2ccc([N+](=O)[O-])cc12. The second-order valence-electron chi connectivity index (χ2n) is 3.53. The number of fused-ring (bicyclic) bond motifs is 1. The molecule has 0 atom stereocenters. The van der Waals surface area contributed by atoms with Crippen molar-refractivity contribution in [2.45, 2.75) is 6.92 Å². The first-order valence-electron chi connectivity index (χ1n) is 4.90. The van der Waals surface area contributed by atoms with Gasteiger partial charge in [0.2, 0.25) is 5.88 Å². The number of non-ortho nitro benzene ring substituents is 1. The van der Waals surface area contributed by atoms with E-state index in [4.69, 9.17) is 0 Å². The summed E-state index contributed by atoms with van der Waals surface area (Å²) < 4.78 is 0. The molecule has 0 unspecified atom stereocenters. The Kier molecular flexibility index (Phi) is 2.76. The fourth-order valence-corrected chi connectivity index (χ4v) is 1.49. The molecule has 2 rings (SSSR count). The molecular formula is C10H8N4O4. The average Bonchev–Trinajstić information content (AvgIpc) is 2.60. The first kappa shape index (κ1) is 11.7. The number of rotatable bonds is 2.